The van der Waals surface area contributed by atoms with E-state index in [1.54, 1.807) is 22.7 Å². The Labute approximate surface area is 147 Å². The maximum Gasteiger partial charge on any atom is 0.149 e. The molecule has 21 heavy (non-hydrogen) atoms. The molecule has 0 spiro atoms. The zero-order valence-electron chi connectivity index (χ0n) is 11.0. The van der Waals surface area contributed by atoms with Gasteiger partial charge >= 0.3 is 0 Å². The maximum absolute atomic E-state index is 4.37. The number of hydrogen-bond acceptors (Lipinski definition) is 5. The lowest BCUT2D eigenvalue weighted by Crippen LogP contribution is -2.17. The van der Waals surface area contributed by atoms with Gasteiger partial charge in [-0.3, -0.25) is 0 Å². The van der Waals surface area contributed by atoms with E-state index in [-0.39, 0.29) is 6.04 Å². The van der Waals surface area contributed by atoms with E-state index >= 15 is 0 Å². The van der Waals surface area contributed by atoms with Gasteiger partial charge in [0.05, 0.1) is 13.6 Å². The fourth-order valence-corrected chi connectivity index (χ4v) is 6.03. The van der Waals surface area contributed by atoms with Gasteiger partial charge in [0.15, 0.2) is 0 Å². The highest BCUT2D eigenvalue weighted by Crippen LogP contribution is 2.40. The molecule has 0 aliphatic heterocycles. The molecule has 0 saturated carbocycles. The van der Waals surface area contributed by atoms with E-state index in [4.69, 9.17) is 0 Å². The summed E-state index contributed by atoms with van der Waals surface area (Å²) in [4.78, 5) is 0. The smallest absolute Gasteiger partial charge is 0.149 e. The Morgan fingerprint density at radius 3 is 2.48 bits per heavy atom. The lowest BCUT2D eigenvalue weighted by molar-refractivity contribution is 0.678. The maximum atomic E-state index is 4.37. The third-order valence-corrected chi connectivity index (χ3v) is 6.36. The van der Waals surface area contributed by atoms with Crippen LogP contribution < -0.4 is 5.32 Å². The van der Waals surface area contributed by atoms with E-state index in [9.17, 15) is 0 Å². The Bertz CT molecular complexity index is 740. The van der Waals surface area contributed by atoms with E-state index in [1.807, 2.05) is 25.2 Å². The van der Waals surface area contributed by atoms with E-state index in [0.717, 1.165) is 23.2 Å². The molecule has 0 bridgehead atoms. The molecular formula is C14H11Br2N3S2. The van der Waals surface area contributed by atoms with Crippen LogP contribution in [0.4, 0.5) is 0 Å². The number of aromatic nitrogens is 2. The predicted molar refractivity (Wildman–Crippen MR) is 96.0 cm³/mol. The molecule has 0 radical (unpaired) electrons. The monoisotopic (exact) mass is 443 g/mol. The summed E-state index contributed by atoms with van der Waals surface area (Å²) in [6.45, 7) is 0. The van der Waals surface area contributed by atoms with Crippen LogP contribution in [0.1, 0.15) is 16.6 Å². The largest absolute Gasteiger partial charge is 0.307 e. The molecule has 2 heterocycles. The summed E-state index contributed by atoms with van der Waals surface area (Å²) in [6.07, 6.45) is 0. The highest BCUT2D eigenvalue weighted by atomic mass is 79.9. The van der Waals surface area contributed by atoms with Crippen molar-refractivity contribution in [3.8, 4) is 10.6 Å². The minimum atomic E-state index is 0.0679. The van der Waals surface area contributed by atoms with Crippen molar-refractivity contribution in [1.82, 2.24) is 15.5 Å². The van der Waals surface area contributed by atoms with E-state index in [2.05, 4.69) is 65.6 Å². The van der Waals surface area contributed by atoms with Crippen LogP contribution in [-0.2, 0) is 0 Å². The van der Waals surface area contributed by atoms with Crippen molar-refractivity contribution in [3.63, 3.8) is 0 Å². The minimum Gasteiger partial charge on any atom is -0.307 e. The first-order valence-corrected chi connectivity index (χ1v) is 9.41. The van der Waals surface area contributed by atoms with E-state index in [1.165, 1.54) is 5.56 Å². The molecule has 1 N–H and O–H groups in total. The van der Waals surface area contributed by atoms with E-state index in [0.29, 0.717) is 0 Å². The third kappa shape index (κ3) is 3.27. The molecule has 0 aliphatic rings. The number of thiophene rings is 1. The highest BCUT2D eigenvalue weighted by Gasteiger charge is 2.19. The summed E-state index contributed by atoms with van der Waals surface area (Å²) < 4.78 is 2.15. The standard InChI is InChI=1S/C14H11Br2N3S2/c1-17-11(8-5-3-2-4-6-8)14-19-18-13(21-14)9-7-10(15)20-12(9)16/h2-7,11,17H,1H3. The first-order valence-electron chi connectivity index (χ1n) is 6.20. The zero-order chi connectivity index (χ0) is 14.8. The lowest BCUT2D eigenvalue weighted by atomic mass is 10.1. The molecule has 0 aliphatic carbocycles. The highest BCUT2D eigenvalue weighted by molar-refractivity contribution is 9.12. The van der Waals surface area contributed by atoms with Gasteiger partial charge in [0, 0.05) is 5.56 Å². The van der Waals surface area contributed by atoms with Gasteiger partial charge in [-0.2, -0.15) is 0 Å². The molecule has 1 unspecified atom stereocenters. The summed E-state index contributed by atoms with van der Waals surface area (Å²) in [5.41, 5.74) is 2.27. The van der Waals surface area contributed by atoms with Crippen molar-refractivity contribution in [3.05, 3.63) is 54.5 Å². The molecule has 3 rings (SSSR count). The van der Waals surface area contributed by atoms with Crippen LogP contribution in [0.3, 0.4) is 0 Å². The molecule has 3 aromatic rings. The number of benzene rings is 1. The lowest BCUT2D eigenvalue weighted by Gasteiger charge is -2.12. The van der Waals surface area contributed by atoms with Crippen LogP contribution in [0.25, 0.3) is 10.6 Å². The molecule has 0 fully saturated rings. The molecule has 1 atom stereocenters. The average molecular weight is 445 g/mol. The van der Waals surface area contributed by atoms with Crippen LogP contribution in [0.5, 0.6) is 0 Å². The Morgan fingerprint density at radius 2 is 1.86 bits per heavy atom. The second-order valence-electron chi connectivity index (χ2n) is 4.32. The number of nitrogens with zero attached hydrogens (tertiary/aromatic N) is 2. The second kappa shape index (κ2) is 6.66. The Kier molecular flexibility index (Phi) is 4.85. The number of hydrogen-bond donors (Lipinski definition) is 1. The SMILES string of the molecule is CNC(c1ccccc1)c1nnc(-c2cc(Br)sc2Br)s1. The topological polar surface area (TPSA) is 37.8 Å². The first kappa shape index (κ1) is 15.3. The molecule has 0 saturated heterocycles. The van der Waals surface area contributed by atoms with E-state index < -0.39 is 0 Å². The molecule has 108 valence electrons. The van der Waals surface area contributed by atoms with Crippen molar-refractivity contribution in [2.75, 3.05) is 7.05 Å². The van der Waals surface area contributed by atoms with Gasteiger partial charge in [-0.25, -0.2) is 0 Å². The summed E-state index contributed by atoms with van der Waals surface area (Å²) in [5.74, 6) is 0. The molecule has 7 heteroatoms. The summed E-state index contributed by atoms with van der Waals surface area (Å²) in [7, 11) is 1.94. The molecule has 0 amide bonds. The first-order chi connectivity index (χ1) is 10.2. The molecule has 2 aromatic heterocycles. The quantitative estimate of drug-likeness (QED) is 0.608. The minimum absolute atomic E-state index is 0.0679. The predicted octanol–water partition coefficient (Wildman–Crippen LogP) is 5.10. The van der Waals surface area contributed by atoms with Gasteiger partial charge < -0.3 is 5.32 Å². The zero-order valence-corrected chi connectivity index (χ0v) is 15.8. The summed E-state index contributed by atoms with van der Waals surface area (Å²) in [5, 5.41) is 13.9. The fraction of sp³-hybridized carbons (Fsp3) is 0.143. The van der Waals surface area contributed by atoms with Gasteiger partial charge in [-0.05, 0) is 50.5 Å². The van der Waals surface area contributed by atoms with Crippen LogP contribution >= 0.6 is 54.5 Å². The Hall–Kier alpha value is -0.600. The van der Waals surface area contributed by atoms with Crippen molar-refractivity contribution < 1.29 is 0 Å². The van der Waals surface area contributed by atoms with Crippen molar-refractivity contribution in [2.45, 2.75) is 6.04 Å². The van der Waals surface area contributed by atoms with Crippen molar-refractivity contribution in [1.29, 1.82) is 0 Å². The van der Waals surface area contributed by atoms with Crippen LogP contribution in [-0.4, -0.2) is 17.2 Å². The number of halogens is 2. The fourth-order valence-electron chi connectivity index (χ4n) is 2.02. The molecule has 3 nitrogen and oxygen atoms in total. The van der Waals surface area contributed by atoms with Crippen molar-refractivity contribution in [2.24, 2.45) is 0 Å². The third-order valence-electron chi connectivity index (χ3n) is 3.00. The molecular weight excluding hydrogens is 434 g/mol. The van der Waals surface area contributed by atoms with Gasteiger partial charge in [0.1, 0.15) is 10.0 Å². The summed E-state index contributed by atoms with van der Waals surface area (Å²) >= 11 is 10.3. The van der Waals surface area contributed by atoms with Gasteiger partial charge in [-0.15, -0.1) is 21.5 Å². The van der Waals surface area contributed by atoms with Crippen LogP contribution in [0.15, 0.2) is 44.0 Å². The second-order valence-corrected chi connectivity index (χ2v) is 9.07. The van der Waals surface area contributed by atoms with Gasteiger partial charge in [0.25, 0.3) is 0 Å². The molecule has 1 aromatic carbocycles. The Morgan fingerprint density at radius 1 is 1.10 bits per heavy atom. The van der Waals surface area contributed by atoms with Crippen LogP contribution in [0.2, 0.25) is 0 Å². The average Bonchev–Trinajstić information content (AvgIpc) is 3.08. The van der Waals surface area contributed by atoms with Crippen LogP contribution in [0, 0.1) is 0 Å². The number of nitrogens with one attached hydrogen (secondary N) is 1. The van der Waals surface area contributed by atoms with Gasteiger partial charge in [0.2, 0.25) is 0 Å². The van der Waals surface area contributed by atoms with Gasteiger partial charge in [-0.1, -0.05) is 41.7 Å². The summed E-state index contributed by atoms with van der Waals surface area (Å²) in [6, 6.07) is 12.4. The van der Waals surface area contributed by atoms with Crippen molar-refractivity contribution >= 4 is 54.5 Å². The Balaban J connectivity index is 1.95. The number of rotatable bonds is 4. The normalized spacial score (nSPS) is 12.5.